The van der Waals surface area contributed by atoms with E-state index < -0.39 is 22.6 Å². The lowest BCUT2D eigenvalue weighted by Crippen LogP contribution is -2.36. The lowest BCUT2D eigenvalue weighted by atomic mass is 10.0. The molecule has 0 aromatic heterocycles. The first-order valence-electron chi connectivity index (χ1n) is 11.3. The highest BCUT2D eigenvalue weighted by Crippen LogP contribution is 2.31. The molecule has 0 bridgehead atoms. The summed E-state index contributed by atoms with van der Waals surface area (Å²) in [5, 5.41) is 9.26. The van der Waals surface area contributed by atoms with Crippen LogP contribution in [0.2, 0.25) is 5.02 Å². The minimum absolute atomic E-state index is 0.0119. The number of nitrogens with zero attached hydrogens (tertiary/aromatic N) is 1. The molecular weight excluding hydrogens is 494 g/mol. The van der Waals surface area contributed by atoms with Gasteiger partial charge >= 0.3 is 5.97 Å². The molecule has 34 heavy (non-hydrogen) atoms. The van der Waals surface area contributed by atoms with Crippen LogP contribution >= 0.6 is 23.4 Å². The predicted molar refractivity (Wildman–Crippen MR) is 139 cm³/mol. The Labute approximate surface area is 212 Å². The maximum absolute atomic E-state index is 13.4. The van der Waals surface area contributed by atoms with Gasteiger partial charge in [-0.05, 0) is 67.1 Å². The van der Waals surface area contributed by atoms with Crippen molar-refractivity contribution in [2.75, 3.05) is 19.7 Å². The van der Waals surface area contributed by atoms with Crippen LogP contribution in [0.15, 0.2) is 46.2 Å². The number of halogens is 1. The van der Waals surface area contributed by atoms with Gasteiger partial charge in [0.1, 0.15) is 5.75 Å². The van der Waals surface area contributed by atoms with Gasteiger partial charge in [0.2, 0.25) is 10.0 Å². The number of carbonyl (C=O) groups is 1. The average molecular weight is 528 g/mol. The molecule has 0 saturated carbocycles. The molecule has 0 aliphatic carbocycles. The fraction of sp³-hybridized carbons (Fsp3) is 0.480. The van der Waals surface area contributed by atoms with Gasteiger partial charge in [-0.25, -0.2) is 13.2 Å². The van der Waals surface area contributed by atoms with Crippen molar-refractivity contribution in [1.29, 1.82) is 0 Å². The van der Waals surface area contributed by atoms with E-state index >= 15 is 0 Å². The van der Waals surface area contributed by atoms with Gasteiger partial charge in [0, 0.05) is 28.3 Å². The molecule has 2 aromatic carbocycles. The Bertz CT molecular complexity index is 1090. The summed E-state index contributed by atoms with van der Waals surface area (Å²) >= 11 is 7.98. The monoisotopic (exact) mass is 527 g/mol. The van der Waals surface area contributed by atoms with Crippen LogP contribution in [-0.4, -0.2) is 48.7 Å². The number of sulfonamides is 1. The van der Waals surface area contributed by atoms with Crippen molar-refractivity contribution in [3.63, 3.8) is 0 Å². The number of carboxylic acids is 1. The number of aliphatic carboxylic acids is 1. The molecule has 9 heteroatoms. The van der Waals surface area contributed by atoms with Crippen LogP contribution in [0.4, 0.5) is 0 Å². The third-order valence-electron chi connectivity index (χ3n) is 5.06. The summed E-state index contributed by atoms with van der Waals surface area (Å²) in [6, 6.07) is 10.6. The van der Waals surface area contributed by atoms with Gasteiger partial charge in [-0.2, -0.15) is 4.31 Å². The molecule has 0 aliphatic heterocycles. The van der Waals surface area contributed by atoms with Crippen LogP contribution in [-0.2, 0) is 21.2 Å². The second kappa shape index (κ2) is 12.8. The quantitative estimate of drug-likeness (QED) is 0.327. The molecule has 1 atom stereocenters. The third-order valence-corrected chi connectivity index (χ3v) is 8.35. The van der Waals surface area contributed by atoms with E-state index in [4.69, 9.17) is 21.4 Å². The third kappa shape index (κ3) is 8.18. The highest BCUT2D eigenvalue weighted by atomic mass is 35.5. The van der Waals surface area contributed by atoms with E-state index in [0.29, 0.717) is 36.2 Å². The molecule has 2 aromatic rings. The molecule has 0 unspecified atom stereocenters. The van der Waals surface area contributed by atoms with Crippen molar-refractivity contribution in [3.8, 4) is 5.75 Å². The van der Waals surface area contributed by atoms with Crippen LogP contribution < -0.4 is 4.74 Å². The van der Waals surface area contributed by atoms with Gasteiger partial charge in [0.25, 0.3) is 0 Å². The summed E-state index contributed by atoms with van der Waals surface area (Å²) in [6.45, 7) is 10.4. The Hall–Kier alpha value is -1.74. The van der Waals surface area contributed by atoms with E-state index in [2.05, 4.69) is 13.8 Å². The molecule has 0 fully saturated rings. The van der Waals surface area contributed by atoms with Crippen molar-refractivity contribution in [1.82, 2.24) is 4.31 Å². The van der Waals surface area contributed by atoms with E-state index in [1.165, 1.54) is 4.31 Å². The van der Waals surface area contributed by atoms with Gasteiger partial charge in [0.05, 0.1) is 4.90 Å². The van der Waals surface area contributed by atoms with Gasteiger partial charge in [-0.15, -0.1) is 11.8 Å². The fourth-order valence-corrected chi connectivity index (χ4v) is 6.73. The highest BCUT2D eigenvalue weighted by molar-refractivity contribution is 8.00. The molecule has 6 nitrogen and oxygen atoms in total. The second-order valence-corrected chi connectivity index (χ2v) is 12.6. The van der Waals surface area contributed by atoms with Crippen LogP contribution in [0.25, 0.3) is 0 Å². The summed E-state index contributed by atoms with van der Waals surface area (Å²) in [6.07, 6.45) is 1.50. The van der Waals surface area contributed by atoms with Crippen molar-refractivity contribution in [3.05, 3.63) is 52.5 Å². The Morgan fingerprint density at radius 1 is 1.18 bits per heavy atom. The summed E-state index contributed by atoms with van der Waals surface area (Å²) < 4.78 is 33.6. The minimum atomic E-state index is -3.69. The number of hydrogen-bond acceptors (Lipinski definition) is 5. The number of aryl methyl sites for hydroxylation is 1. The fourth-order valence-electron chi connectivity index (χ4n) is 3.55. The molecule has 0 heterocycles. The first kappa shape index (κ1) is 28.5. The van der Waals surface area contributed by atoms with E-state index in [1.807, 2.05) is 39.0 Å². The zero-order chi connectivity index (χ0) is 25.5. The molecule has 0 saturated heterocycles. The molecule has 2 rings (SSSR count). The zero-order valence-electron chi connectivity index (χ0n) is 20.4. The molecular formula is C25H34ClNO5S2. The van der Waals surface area contributed by atoms with Crippen molar-refractivity contribution in [2.45, 2.75) is 62.5 Å². The minimum Gasteiger partial charge on any atom is -0.482 e. The molecule has 1 N–H and O–H groups in total. The number of rotatable bonds is 13. The van der Waals surface area contributed by atoms with Crippen molar-refractivity contribution < 1.29 is 23.1 Å². The number of ether oxygens (including phenoxy) is 1. The standard InChI is InChI=1S/C25H34ClNO5S2/c1-6-11-27(34(30,31)22-9-7-20(12-17(2)3)23(26)14-22)15-19(5)33-21-8-10-24(18(4)13-21)32-16-25(28)29/h7-10,13-14,17,19H,6,11-12,15-16H2,1-5H3,(H,28,29)/t19-/m1/s1. The van der Waals surface area contributed by atoms with Crippen LogP contribution in [0.1, 0.15) is 45.2 Å². The number of benzene rings is 2. The summed E-state index contributed by atoms with van der Waals surface area (Å²) in [7, 11) is -3.69. The second-order valence-electron chi connectivity index (χ2n) is 8.75. The predicted octanol–water partition coefficient (Wildman–Crippen LogP) is 5.89. The number of carboxylic acid groups (broad SMARTS) is 1. The van der Waals surface area contributed by atoms with E-state index in [1.54, 1.807) is 30.0 Å². The summed E-state index contributed by atoms with van der Waals surface area (Å²) in [5.41, 5.74) is 1.78. The topological polar surface area (TPSA) is 83.9 Å². The summed E-state index contributed by atoms with van der Waals surface area (Å²) in [4.78, 5) is 11.9. The molecule has 188 valence electrons. The maximum atomic E-state index is 13.4. The Balaban J connectivity index is 2.15. The largest absolute Gasteiger partial charge is 0.482 e. The normalized spacial score (nSPS) is 12.8. The highest BCUT2D eigenvalue weighted by Gasteiger charge is 2.26. The van der Waals surface area contributed by atoms with E-state index in [0.717, 1.165) is 22.4 Å². The van der Waals surface area contributed by atoms with E-state index in [-0.39, 0.29) is 10.1 Å². The van der Waals surface area contributed by atoms with Gasteiger partial charge in [-0.3, -0.25) is 0 Å². The molecule has 0 radical (unpaired) electrons. The summed E-state index contributed by atoms with van der Waals surface area (Å²) in [5.74, 6) is -0.0808. The Morgan fingerprint density at radius 3 is 2.44 bits per heavy atom. The lowest BCUT2D eigenvalue weighted by molar-refractivity contribution is -0.139. The van der Waals surface area contributed by atoms with Gasteiger partial charge < -0.3 is 9.84 Å². The first-order valence-corrected chi connectivity index (χ1v) is 14.0. The van der Waals surface area contributed by atoms with Crippen LogP contribution in [0.5, 0.6) is 5.75 Å². The SMILES string of the molecule is CCCN(C[C@@H](C)Sc1ccc(OCC(=O)O)c(C)c1)S(=O)(=O)c1ccc(CC(C)C)c(Cl)c1. The maximum Gasteiger partial charge on any atom is 0.341 e. The van der Waals surface area contributed by atoms with Crippen LogP contribution in [0, 0.1) is 12.8 Å². The Kier molecular flexibility index (Phi) is 10.7. The first-order chi connectivity index (χ1) is 15.9. The van der Waals surface area contributed by atoms with Crippen molar-refractivity contribution >= 4 is 39.4 Å². The molecule has 0 amide bonds. The van der Waals surface area contributed by atoms with Crippen molar-refractivity contribution in [2.24, 2.45) is 5.92 Å². The van der Waals surface area contributed by atoms with Gasteiger partial charge in [-0.1, -0.05) is 45.4 Å². The van der Waals surface area contributed by atoms with Crippen LogP contribution in [0.3, 0.4) is 0 Å². The Morgan fingerprint density at radius 2 is 1.88 bits per heavy atom. The number of thioether (sulfide) groups is 1. The van der Waals surface area contributed by atoms with E-state index in [9.17, 15) is 13.2 Å². The molecule has 0 aliphatic rings. The number of hydrogen-bond donors (Lipinski definition) is 1. The smallest absolute Gasteiger partial charge is 0.341 e. The average Bonchev–Trinajstić information content (AvgIpc) is 2.73. The zero-order valence-corrected chi connectivity index (χ0v) is 22.8. The van der Waals surface area contributed by atoms with Gasteiger partial charge in [0.15, 0.2) is 6.61 Å². The lowest BCUT2D eigenvalue weighted by Gasteiger charge is -2.25. The molecule has 0 spiro atoms.